The maximum absolute atomic E-state index is 13.8. The minimum Gasteiger partial charge on any atom is -0.454 e. The van der Waals surface area contributed by atoms with Crippen LogP contribution < -0.4 is 10.5 Å². The molecule has 5 heteroatoms. The van der Waals surface area contributed by atoms with Crippen LogP contribution in [-0.2, 0) is 0 Å². The average molecular weight is 274 g/mol. The quantitative estimate of drug-likeness (QED) is 0.929. The summed E-state index contributed by atoms with van der Waals surface area (Å²) in [6, 6.07) is 9.40. The molecule has 0 fully saturated rings. The van der Waals surface area contributed by atoms with E-state index in [-0.39, 0.29) is 17.1 Å². The van der Waals surface area contributed by atoms with Crippen molar-refractivity contribution >= 4 is 0 Å². The van der Waals surface area contributed by atoms with E-state index in [0.717, 1.165) is 6.07 Å². The summed E-state index contributed by atoms with van der Waals surface area (Å²) in [5.74, 6) is -1.23. The predicted molar refractivity (Wildman–Crippen MR) is 70.2 cm³/mol. The minimum atomic E-state index is -0.719. The molecular weight excluding hydrogens is 262 g/mol. The molecule has 2 aromatic rings. The molecule has 0 amide bonds. The number of ether oxygens (including phenoxy) is 1. The van der Waals surface area contributed by atoms with E-state index >= 15 is 0 Å². The lowest BCUT2D eigenvalue weighted by Crippen LogP contribution is -2.07. The van der Waals surface area contributed by atoms with Crippen molar-refractivity contribution in [1.82, 2.24) is 0 Å². The topological polar surface area (TPSA) is 59.0 Å². The fraction of sp³-hybridized carbons (Fsp3) is 0.133. The first-order chi connectivity index (χ1) is 9.52. The van der Waals surface area contributed by atoms with Crippen molar-refractivity contribution in [2.75, 3.05) is 0 Å². The van der Waals surface area contributed by atoms with E-state index in [0.29, 0.717) is 5.56 Å². The van der Waals surface area contributed by atoms with E-state index in [1.165, 1.54) is 24.3 Å². The molecule has 0 unspecified atom stereocenters. The maximum atomic E-state index is 13.8. The first-order valence-corrected chi connectivity index (χ1v) is 5.94. The smallest absolute Gasteiger partial charge is 0.167 e. The second-order valence-electron chi connectivity index (χ2n) is 4.30. The van der Waals surface area contributed by atoms with Crippen molar-refractivity contribution in [2.24, 2.45) is 5.73 Å². The van der Waals surface area contributed by atoms with Gasteiger partial charge >= 0.3 is 0 Å². The molecule has 0 saturated heterocycles. The number of para-hydroxylation sites is 1. The van der Waals surface area contributed by atoms with Gasteiger partial charge in [-0.25, -0.2) is 8.78 Å². The molecule has 2 rings (SSSR count). The Balaban J connectivity index is 2.40. The molecule has 0 aliphatic carbocycles. The van der Waals surface area contributed by atoms with Crippen molar-refractivity contribution in [3.05, 3.63) is 59.2 Å². The number of rotatable bonds is 3. The molecule has 3 nitrogen and oxygen atoms in total. The summed E-state index contributed by atoms with van der Waals surface area (Å²) in [7, 11) is 0. The lowest BCUT2D eigenvalue weighted by atomic mass is 10.1. The molecule has 2 N–H and O–H groups in total. The summed E-state index contributed by atoms with van der Waals surface area (Å²) in [6.45, 7) is 1.70. The van der Waals surface area contributed by atoms with Crippen molar-refractivity contribution in [3.63, 3.8) is 0 Å². The molecule has 0 aromatic heterocycles. The normalized spacial score (nSPS) is 11.8. The van der Waals surface area contributed by atoms with Gasteiger partial charge in [0, 0.05) is 17.7 Å². The van der Waals surface area contributed by atoms with Crippen LogP contribution >= 0.6 is 0 Å². The Hall–Kier alpha value is -2.45. The highest BCUT2D eigenvalue weighted by molar-refractivity contribution is 5.42. The second-order valence-corrected chi connectivity index (χ2v) is 4.30. The lowest BCUT2D eigenvalue weighted by Gasteiger charge is -2.14. The van der Waals surface area contributed by atoms with Crippen LogP contribution in [0.1, 0.15) is 24.1 Å². The molecule has 102 valence electrons. The number of nitrogens with zero attached hydrogens (tertiary/aromatic N) is 1. The van der Waals surface area contributed by atoms with Gasteiger partial charge in [0.1, 0.15) is 17.6 Å². The van der Waals surface area contributed by atoms with Gasteiger partial charge in [-0.3, -0.25) is 0 Å². The summed E-state index contributed by atoms with van der Waals surface area (Å²) in [4.78, 5) is 0. The van der Waals surface area contributed by atoms with Crippen molar-refractivity contribution in [3.8, 4) is 17.6 Å². The van der Waals surface area contributed by atoms with Gasteiger partial charge in [-0.2, -0.15) is 5.26 Å². The van der Waals surface area contributed by atoms with Gasteiger partial charge in [-0.1, -0.05) is 12.1 Å². The number of hydrogen-bond acceptors (Lipinski definition) is 3. The first-order valence-electron chi connectivity index (χ1n) is 5.94. The molecular formula is C15H12F2N2O. The van der Waals surface area contributed by atoms with Gasteiger partial charge in [0.2, 0.25) is 0 Å². The lowest BCUT2D eigenvalue weighted by molar-refractivity contribution is 0.429. The zero-order chi connectivity index (χ0) is 14.7. The largest absolute Gasteiger partial charge is 0.454 e. The average Bonchev–Trinajstić information content (AvgIpc) is 2.41. The van der Waals surface area contributed by atoms with Gasteiger partial charge in [-0.05, 0) is 25.1 Å². The van der Waals surface area contributed by atoms with E-state index in [1.807, 2.05) is 0 Å². The third-order valence-corrected chi connectivity index (χ3v) is 2.77. The highest BCUT2D eigenvalue weighted by Crippen LogP contribution is 2.32. The molecule has 0 radical (unpaired) electrons. The molecule has 0 heterocycles. The zero-order valence-electron chi connectivity index (χ0n) is 10.7. The summed E-state index contributed by atoms with van der Waals surface area (Å²) in [6.07, 6.45) is 0. The van der Waals surface area contributed by atoms with Crippen LogP contribution in [0.25, 0.3) is 0 Å². The number of nitrogens with two attached hydrogens (primary N) is 1. The summed E-state index contributed by atoms with van der Waals surface area (Å²) in [5, 5.41) is 8.65. The first kappa shape index (κ1) is 14.0. The third-order valence-electron chi connectivity index (χ3n) is 2.77. The molecule has 0 aliphatic rings. The van der Waals surface area contributed by atoms with Gasteiger partial charge in [0.25, 0.3) is 0 Å². The Morgan fingerprint density at radius 1 is 1.20 bits per heavy atom. The monoisotopic (exact) mass is 274 g/mol. The molecule has 0 spiro atoms. The van der Waals surface area contributed by atoms with E-state index < -0.39 is 17.7 Å². The molecule has 2 aromatic carbocycles. The van der Waals surface area contributed by atoms with Gasteiger partial charge in [0.05, 0.1) is 5.56 Å². The van der Waals surface area contributed by atoms with Gasteiger partial charge in [-0.15, -0.1) is 0 Å². The van der Waals surface area contributed by atoms with Crippen molar-refractivity contribution in [1.29, 1.82) is 5.26 Å². The highest BCUT2D eigenvalue weighted by Gasteiger charge is 2.14. The van der Waals surface area contributed by atoms with Crippen molar-refractivity contribution in [2.45, 2.75) is 13.0 Å². The van der Waals surface area contributed by atoms with Crippen molar-refractivity contribution < 1.29 is 13.5 Å². The van der Waals surface area contributed by atoms with Gasteiger partial charge < -0.3 is 10.5 Å². The summed E-state index contributed by atoms with van der Waals surface area (Å²) in [5.41, 5.74) is 6.13. The highest BCUT2D eigenvalue weighted by atomic mass is 19.1. The van der Waals surface area contributed by atoms with Crippen LogP contribution in [0.2, 0.25) is 0 Å². The summed E-state index contributed by atoms with van der Waals surface area (Å²) >= 11 is 0. The molecule has 20 heavy (non-hydrogen) atoms. The molecule has 1 atom stereocenters. The fourth-order valence-electron chi connectivity index (χ4n) is 1.76. The van der Waals surface area contributed by atoms with E-state index in [1.54, 1.807) is 19.1 Å². The number of nitriles is 1. The van der Waals surface area contributed by atoms with Crippen LogP contribution in [0.5, 0.6) is 11.5 Å². The van der Waals surface area contributed by atoms with E-state index in [9.17, 15) is 8.78 Å². The number of halogens is 2. The fourth-order valence-corrected chi connectivity index (χ4v) is 1.76. The maximum Gasteiger partial charge on any atom is 0.167 e. The minimum absolute atomic E-state index is 0.0355. The van der Waals surface area contributed by atoms with E-state index in [4.69, 9.17) is 15.7 Å². The number of benzene rings is 2. The van der Waals surface area contributed by atoms with Crippen LogP contribution in [0, 0.1) is 23.0 Å². The standard InChI is InChI=1S/C15H12F2N2O/c1-9(19)12-3-2-4-13(16)15(12)20-11-6-5-10(8-18)14(17)7-11/h2-7,9H,19H2,1H3/t9-/m1/s1. The predicted octanol–water partition coefficient (Wildman–Crippen LogP) is 3.65. The Labute approximate surface area is 115 Å². The van der Waals surface area contributed by atoms with E-state index in [2.05, 4.69) is 0 Å². The molecule has 0 bridgehead atoms. The second kappa shape index (κ2) is 5.68. The Bertz CT molecular complexity index is 678. The Morgan fingerprint density at radius 2 is 1.95 bits per heavy atom. The summed E-state index contributed by atoms with van der Waals surface area (Å²) < 4.78 is 32.7. The number of hydrogen-bond donors (Lipinski definition) is 1. The SMILES string of the molecule is C[C@@H](N)c1cccc(F)c1Oc1ccc(C#N)c(F)c1. The van der Waals surface area contributed by atoms with Crippen LogP contribution in [0.3, 0.4) is 0 Å². The van der Waals surface area contributed by atoms with Gasteiger partial charge in [0.15, 0.2) is 11.6 Å². The van der Waals surface area contributed by atoms with Crippen LogP contribution in [-0.4, -0.2) is 0 Å². The molecule has 0 saturated carbocycles. The Kier molecular flexibility index (Phi) is 3.97. The zero-order valence-corrected chi connectivity index (χ0v) is 10.7. The van der Waals surface area contributed by atoms with Crippen LogP contribution in [0.4, 0.5) is 8.78 Å². The Morgan fingerprint density at radius 3 is 2.55 bits per heavy atom. The van der Waals surface area contributed by atoms with Crippen LogP contribution in [0.15, 0.2) is 36.4 Å². The molecule has 0 aliphatic heterocycles. The third kappa shape index (κ3) is 2.76.